The molecule has 0 aliphatic heterocycles. The molecule has 8 nitrogen and oxygen atoms in total. The molecule has 1 saturated carbocycles. The van der Waals surface area contributed by atoms with Gasteiger partial charge in [-0.05, 0) is 38.7 Å². The Kier molecular flexibility index (Phi) is 3.72. The molecule has 3 heterocycles. The van der Waals surface area contributed by atoms with E-state index in [4.69, 9.17) is 0 Å². The van der Waals surface area contributed by atoms with Crippen molar-refractivity contribution >= 4 is 28.2 Å². The Morgan fingerprint density at radius 3 is 3.00 bits per heavy atom. The number of fused-ring (bicyclic) bond motifs is 1. The molecule has 1 aliphatic carbocycles. The summed E-state index contributed by atoms with van der Waals surface area (Å²) in [5.74, 6) is 1.07. The van der Waals surface area contributed by atoms with Crippen molar-refractivity contribution in [2.24, 2.45) is 0 Å². The van der Waals surface area contributed by atoms with Crippen LogP contribution < -0.4 is 5.32 Å². The molecule has 124 valence electrons. The lowest BCUT2D eigenvalue weighted by atomic mass is 10.1. The van der Waals surface area contributed by atoms with E-state index in [1.165, 1.54) is 30.5 Å². The average Bonchev–Trinajstić information content (AvgIpc) is 3.11. The van der Waals surface area contributed by atoms with E-state index in [1.54, 1.807) is 4.52 Å². The number of rotatable bonds is 5. The molecule has 0 atom stereocenters. The first-order valence-electron chi connectivity index (χ1n) is 7.91. The van der Waals surface area contributed by atoms with Gasteiger partial charge >= 0.3 is 0 Å². The minimum atomic E-state index is -0.0639. The van der Waals surface area contributed by atoms with Crippen LogP contribution in [0.1, 0.15) is 47.1 Å². The molecular formula is C15H17N7OS. The van der Waals surface area contributed by atoms with Gasteiger partial charge in [-0.15, -0.1) is 10.2 Å². The maximum absolute atomic E-state index is 12.2. The molecule has 1 fully saturated rings. The summed E-state index contributed by atoms with van der Waals surface area (Å²) >= 11 is 1.47. The van der Waals surface area contributed by atoms with E-state index in [2.05, 4.69) is 30.6 Å². The van der Waals surface area contributed by atoms with Crippen LogP contribution in [0.2, 0.25) is 0 Å². The Morgan fingerprint density at radius 1 is 1.38 bits per heavy atom. The van der Waals surface area contributed by atoms with Crippen LogP contribution in [0.4, 0.5) is 5.13 Å². The normalized spacial score (nSPS) is 14.2. The third-order valence-corrected chi connectivity index (χ3v) is 5.21. The third kappa shape index (κ3) is 2.86. The van der Waals surface area contributed by atoms with E-state index in [1.807, 2.05) is 13.8 Å². The molecule has 1 aliphatic rings. The Morgan fingerprint density at radius 2 is 2.21 bits per heavy atom. The number of aryl methyl sites for hydroxylation is 2. The van der Waals surface area contributed by atoms with Gasteiger partial charge in [0.15, 0.2) is 0 Å². The van der Waals surface area contributed by atoms with Crippen LogP contribution in [0.15, 0.2) is 6.33 Å². The molecule has 0 bridgehead atoms. The molecule has 3 aromatic heterocycles. The monoisotopic (exact) mass is 343 g/mol. The highest BCUT2D eigenvalue weighted by atomic mass is 32.1. The molecule has 3 aromatic rings. The van der Waals surface area contributed by atoms with Gasteiger partial charge in [0.05, 0.1) is 0 Å². The molecule has 0 radical (unpaired) electrons. The predicted molar refractivity (Wildman–Crippen MR) is 89.1 cm³/mol. The van der Waals surface area contributed by atoms with E-state index < -0.39 is 0 Å². The highest BCUT2D eigenvalue weighted by molar-refractivity contribution is 7.15. The summed E-state index contributed by atoms with van der Waals surface area (Å²) in [5, 5.41) is 16.8. The van der Waals surface area contributed by atoms with Crippen molar-refractivity contribution in [2.45, 2.75) is 45.4 Å². The number of nitrogens with one attached hydrogen (secondary N) is 1. The summed E-state index contributed by atoms with van der Waals surface area (Å²) in [6.07, 6.45) is 4.80. The number of carbonyl (C=O) groups is 1. The van der Waals surface area contributed by atoms with Gasteiger partial charge in [0.25, 0.3) is 5.78 Å². The Bertz CT molecular complexity index is 912. The van der Waals surface area contributed by atoms with Gasteiger partial charge in [-0.3, -0.25) is 4.79 Å². The first kappa shape index (κ1) is 15.1. The summed E-state index contributed by atoms with van der Waals surface area (Å²) in [6.45, 7) is 3.90. The second-order valence-electron chi connectivity index (χ2n) is 6.00. The van der Waals surface area contributed by atoms with E-state index >= 15 is 0 Å². The van der Waals surface area contributed by atoms with Crippen molar-refractivity contribution in [3.05, 3.63) is 28.3 Å². The zero-order chi connectivity index (χ0) is 16.7. The lowest BCUT2D eigenvalue weighted by molar-refractivity contribution is -0.116. The molecule has 1 N–H and O–H groups in total. The summed E-state index contributed by atoms with van der Waals surface area (Å²) in [7, 11) is 0. The van der Waals surface area contributed by atoms with Crippen LogP contribution in [-0.4, -0.2) is 35.7 Å². The fraction of sp³-hybridized carbons (Fsp3) is 0.467. The van der Waals surface area contributed by atoms with Gasteiger partial charge in [0.1, 0.15) is 11.3 Å². The van der Waals surface area contributed by atoms with Crippen LogP contribution in [0, 0.1) is 13.8 Å². The third-order valence-electron chi connectivity index (χ3n) is 4.20. The highest BCUT2D eigenvalue weighted by Crippen LogP contribution is 2.42. The Hall–Kier alpha value is -2.42. The maximum atomic E-state index is 12.2. The highest BCUT2D eigenvalue weighted by Gasteiger charge is 2.27. The fourth-order valence-corrected chi connectivity index (χ4v) is 3.65. The zero-order valence-corrected chi connectivity index (χ0v) is 14.3. The number of anilines is 1. The van der Waals surface area contributed by atoms with Crippen molar-refractivity contribution in [3.8, 4) is 0 Å². The summed E-state index contributed by atoms with van der Waals surface area (Å²) in [4.78, 5) is 20.7. The molecule has 0 unspecified atom stereocenters. The second kappa shape index (κ2) is 5.90. The molecule has 0 spiro atoms. The smallest absolute Gasteiger partial charge is 0.252 e. The molecule has 24 heavy (non-hydrogen) atoms. The maximum Gasteiger partial charge on any atom is 0.252 e. The van der Waals surface area contributed by atoms with Crippen molar-refractivity contribution in [2.75, 3.05) is 5.32 Å². The standard InChI is InChI=1S/C15H17N7OS/c1-8-11(9(2)22-14(18-8)16-7-17-22)5-6-12(23)19-15-21-20-13(24-15)10-3-4-10/h7,10H,3-6H2,1-2H3,(H,19,21,23). The molecule has 0 aromatic carbocycles. The fourth-order valence-electron chi connectivity index (χ4n) is 2.72. The lowest BCUT2D eigenvalue weighted by Gasteiger charge is -2.09. The van der Waals surface area contributed by atoms with Gasteiger partial charge in [-0.1, -0.05) is 11.3 Å². The minimum Gasteiger partial charge on any atom is -0.301 e. The van der Waals surface area contributed by atoms with E-state index in [9.17, 15) is 4.79 Å². The quantitative estimate of drug-likeness (QED) is 0.761. The average molecular weight is 343 g/mol. The Labute approximate surface area is 142 Å². The molecular weight excluding hydrogens is 326 g/mol. The molecule has 0 saturated heterocycles. The van der Waals surface area contributed by atoms with E-state index in [0.29, 0.717) is 29.7 Å². The van der Waals surface area contributed by atoms with Crippen LogP contribution in [0.25, 0.3) is 5.78 Å². The van der Waals surface area contributed by atoms with Crippen molar-refractivity contribution in [1.82, 2.24) is 29.8 Å². The van der Waals surface area contributed by atoms with Gasteiger partial charge < -0.3 is 5.32 Å². The van der Waals surface area contributed by atoms with Crippen LogP contribution in [0.5, 0.6) is 0 Å². The lowest BCUT2D eigenvalue weighted by Crippen LogP contribution is -2.14. The zero-order valence-electron chi connectivity index (χ0n) is 13.5. The summed E-state index contributed by atoms with van der Waals surface area (Å²) < 4.78 is 1.70. The summed E-state index contributed by atoms with van der Waals surface area (Å²) in [6, 6.07) is 0. The molecule has 9 heteroatoms. The molecule has 1 amide bonds. The topological polar surface area (TPSA) is 98.0 Å². The van der Waals surface area contributed by atoms with E-state index in [0.717, 1.165) is 22.0 Å². The number of hydrogen-bond acceptors (Lipinski definition) is 7. The van der Waals surface area contributed by atoms with Crippen molar-refractivity contribution in [1.29, 1.82) is 0 Å². The van der Waals surface area contributed by atoms with Crippen LogP contribution in [-0.2, 0) is 11.2 Å². The predicted octanol–water partition coefficient (Wildman–Crippen LogP) is 2.04. The number of aromatic nitrogens is 6. The minimum absolute atomic E-state index is 0.0639. The number of amides is 1. The van der Waals surface area contributed by atoms with Crippen LogP contribution in [0.3, 0.4) is 0 Å². The van der Waals surface area contributed by atoms with Gasteiger partial charge in [-0.2, -0.15) is 10.1 Å². The number of carbonyl (C=O) groups excluding carboxylic acids is 1. The van der Waals surface area contributed by atoms with E-state index in [-0.39, 0.29) is 5.91 Å². The molecule has 4 rings (SSSR count). The van der Waals surface area contributed by atoms with Crippen molar-refractivity contribution < 1.29 is 4.79 Å². The number of hydrogen-bond donors (Lipinski definition) is 1. The first-order valence-corrected chi connectivity index (χ1v) is 8.72. The largest absolute Gasteiger partial charge is 0.301 e. The van der Waals surface area contributed by atoms with Gasteiger partial charge in [0, 0.05) is 23.7 Å². The van der Waals surface area contributed by atoms with Crippen LogP contribution >= 0.6 is 11.3 Å². The number of nitrogens with zero attached hydrogens (tertiary/aromatic N) is 6. The first-order chi connectivity index (χ1) is 11.6. The second-order valence-corrected chi connectivity index (χ2v) is 7.01. The SMILES string of the molecule is Cc1nc2ncnn2c(C)c1CCC(=O)Nc1nnc(C2CC2)s1. The van der Waals surface area contributed by atoms with Gasteiger partial charge in [0.2, 0.25) is 11.0 Å². The van der Waals surface area contributed by atoms with Crippen molar-refractivity contribution in [3.63, 3.8) is 0 Å². The van der Waals surface area contributed by atoms with Gasteiger partial charge in [-0.25, -0.2) is 9.50 Å². The Balaban J connectivity index is 1.43. The summed E-state index contributed by atoms with van der Waals surface area (Å²) in [5.41, 5.74) is 2.88.